The standard InChI is InChI=1S/C19H21Cl2N5O2/c20-15-3-1-2-14(18(15)21)19(27)26-6-4-24(5-7-26)16-12-17(23-13-22-16)25-8-10-28-11-9-25/h1-3,12-13H,4-11H2. The molecule has 0 radical (unpaired) electrons. The van der Waals surface area contributed by atoms with Crippen LogP contribution < -0.4 is 9.80 Å². The molecule has 1 amide bonds. The minimum absolute atomic E-state index is 0.0937. The Bertz CT molecular complexity index is 852. The monoisotopic (exact) mass is 421 g/mol. The zero-order chi connectivity index (χ0) is 19.5. The summed E-state index contributed by atoms with van der Waals surface area (Å²) in [5.74, 6) is 1.70. The van der Waals surface area contributed by atoms with Crippen molar-refractivity contribution in [1.82, 2.24) is 14.9 Å². The van der Waals surface area contributed by atoms with E-state index in [1.807, 2.05) is 6.07 Å². The molecule has 2 fully saturated rings. The van der Waals surface area contributed by atoms with Crippen LogP contribution in [-0.2, 0) is 4.74 Å². The third-order valence-electron chi connectivity index (χ3n) is 5.05. The number of anilines is 2. The molecule has 3 heterocycles. The number of hydrogen-bond acceptors (Lipinski definition) is 6. The normalized spacial score (nSPS) is 17.7. The summed E-state index contributed by atoms with van der Waals surface area (Å²) in [4.78, 5) is 27.8. The van der Waals surface area contributed by atoms with Crippen LogP contribution in [0.3, 0.4) is 0 Å². The largest absolute Gasteiger partial charge is 0.378 e. The van der Waals surface area contributed by atoms with Crippen LogP contribution in [0.25, 0.3) is 0 Å². The number of hydrogen-bond donors (Lipinski definition) is 0. The molecular weight excluding hydrogens is 401 g/mol. The summed E-state index contributed by atoms with van der Waals surface area (Å²) in [5.41, 5.74) is 0.444. The molecule has 1 aromatic carbocycles. The van der Waals surface area contributed by atoms with Crippen molar-refractivity contribution in [1.29, 1.82) is 0 Å². The Labute approximate surface area is 173 Å². The van der Waals surface area contributed by atoms with Crippen molar-refractivity contribution in [3.8, 4) is 0 Å². The van der Waals surface area contributed by atoms with Gasteiger partial charge in [-0.2, -0.15) is 0 Å². The molecule has 0 atom stereocenters. The van der Waals surface area contributed by atoms with Crippen molar-refractivity contribution in [2.45, 2.75) is 0 Å². The zero-order valence-electron chi connectivity index (χ0n) is 15.4. The average Bonchev–Trinajstić information content (AvgIpc) is 2.76. The van der Waals surface area contributed by atoms with Gasteiger partial charge in [-0.3, -0.25) is 4.79 Å². The minimum Gasteiger partial charge on any atom is -0.378 e. The molecule has 0 bridgehead atoms. The number of aromatic nitrogens is 2. The predicted molar refractivity (Wildman–Crippen MR) is 110 cm³/mol. The van der Waals surface area contributed by atoms with E-state index < -0.39 is 0 Å². The maximum atomic E-state index is 12.8. The number of carbonyl (C=O) groups is 1. The summed E-state index contributed by atoms with van der Waals surface area (Å²) in [6.45, 7) is 5.68. The highest BCUT2D eigenvalue weighted by Crippen LogP contribution is 2.27. The van der Waals surface area contributed by atoms with Gasteiger partial charge in [-0.1, -0.05) is 29.3 Å². The quantitative estimate of drug-likeness (QED) is 0.758. The molecule has 28 heavy (non-hydrogen) atoms. The van der Waals surface area contributed by atoms with E-state index in [0.717, 1.165) is 24.7 Å². The first-order valence-corrected chi connectivity index (χ1v) is 10.0. The lowest BCUT2D eigenvalue weighted by Crippen LogP contribution is -2.49. The van der Waals surface area contributed by atoms with Crippen LogP contribution in [0, 0.1) is 0 Å². The molecule has 0 spiro atoms. The molecule has 4 rings (SSSR count). The lowest BCUT2D eigenvalue weighted by Gasteiger charge is -2.36. The molecule has 0 unspecified atom stereocenters. The number of piperazine rings is 1. The Hall–Kier alpha value is -2.09. The Kier molecular flexibility index (Phi) is 5.85. The summed E-state index contributed by atoms with van der Waals surface area (Å²) >= 11 is 12.2. The van der Waals surface area contributed by atoms with Gasteiger partial charge in [0.1, 0.15) is 18.0 Å². The van der Waals surface area contributed by atoms with Crippen LogP contribution in [-0.4, -0.2) is 73.3 Å². The summed E-state index contributed by atoms with van der Waals surface area (Å²) in [5, 5.41) is 0.699. The van der Waals surface area contributed by atoms with Gasteiger partial charge in [-0.25, -0.2) is 9.97 Å². The molecular formula is C19H21Cl2N5O2. The van der Waals surface area contributed by atoms with E-state index in [2.05, 4.69) is 19.8 Å². The second kappa shape index (κ2) is 8.51. The molecule has 2 aromatic rings. The molecule has 7 nitrogen and oxygen atoms in total. The molecule has 0 saturated carbocycles. The van der Waals surface area contributed by atoms with Gasteiger partial charge in [-0.05, 0) is 12.1 Å². The maximum absolute atomic E-state index is 12.8. The average molecular weight is 422 g/mol. The number of carbonyl (C=O) groups excluding carboxylic acids is 1. The molecule has 1 aromatic heterocycles. The van der Waals surface area contributed by atoms with E-state index in [9.17, 15) is 4.79 Å². The Morgan fingerprint density at radius 1 is 0.929 bits per heavy atom. The number of benzene rings is 1. The van der Waals surface area contributed by atoms with Gasteiger partial charge >= 0.3 is 0 Å². The van der Waals surface area contributed by atoms with E-state index >= 15 is 0 Å². The topological polar surface area (TPSA) is 61.8 Å². The number of amides is 1. The Morgan fingerprint density at radius 2 is 1.57 bits per heavy atom. The highest BCUT2D eigenvalue weighted by Gasteiger charge is 2.25. The highest BCUT2D eigenvalue weighted by atomic mass is 35.5. The molecule has 148 valence electrons. The van der Waals surface area contributed by atoms with Crippen molar-refractivity contribution in [3.05, 3.63) is 46.2 Å². The third-order valence-corrected chi connectivity index (χ3v) is 5.87. The fraction of sp³-hybridized carbons (Fsp3) is 0.421. The van der Waals surface area contributed by atoms with Crippen molar-refractivity contribution in [3.63, 3.8) is 0 Å². The second-order valence-corrected chi connectivity index (χ2v) is 7.50. The van der Waals surface area contributed by atoms with Crippen LogP contribution in [0.1, 0.15) is 10.4 Å². The predicted octanol–water partition coefficient (Wildman–Crippen LogP) is 2.58. The lowest BCUT2D eigenvalue weighted by molar-refractivity contribution is 0.0746. The van der Waals surface area contributed by atoms with E-state index in [1.54, 1.807) is 29.4 Å². The number of rotatable bonds is 3. The smallest absolute Gasteiger partial charge is 0.255 e. The fourth-order valence-electron chi connectivity index (χ4n) is 3.45. The van der Waals surface area contributed by atoms with Crippen LogP contribution in [0.4, 0.5) is 11.6 Å². The maximum Gasteiger partial charge on any atom is 0.255 e. The number of morpholine rings is 1. The van der Waals surface area contributed by atoms with Crippen LogP contribution in [0.5, 0.6) is 0 Å². The second-order valence-electron chi connectivity index (χ2n) is 6.71. The van der Waals surface area contributed by atoms with Gasteiger partial charge in [0.05, 0.1) is 28.8 Å². The Balaban J connectivity index is 1.41. The van der Waals surface area contributed by atoms with Crippen molar-refractivity contribution < 1.29 is 9.53 Å². The van der Waals surface area contributed by atoms with Gasteiger partial charge in [0.25, 0.3) is 5.91 Å². The molecule has 2 saturated heterocycles. The van der Waals surface area contributed by atoms with Gasteiger partial charge in [0, 0.05) is 45.3 Å². The molecule has 0 aliphatic carbocycles. The SMILES string of the molecule is O=C(c1cccc(Cl)c1Cl)N1CCN(c2cc(N3CCOCC3)ncn2)CC1. The van der Waals surface area contributed by atoms with Crippen LogP contribution in [0.2, 0.25) is 10.0 Å². The van der Waals surface area contributed by atoms with Gasteiger partial charge in [0.15, 0.2) is 0 Å². The summed E-state index contributed by atoms with van der Waals surface area (Å²) in [7, 11) is 0. The molecule has 2 aliphatic heterocycles. The number of ether oxygens (including phenoxy) is 1. The lowest BCUT2D eigenvalue weighted by atomic mass is 10.1. The number of nitrogens with zero attached hydrogens (tertiary/aromatic N) is 5. The van der Waals surface area contributed by atoms with E-state index in [-0.39, 0.29) is 5.91 Å². The van der Waals surface area contributed by atoms with Crippen LogP contribution >= 0.6 is 23.2 Å². The van der Waals surface area contributed by atoms with Crippen molar-refractivity contribution in [2.75, 3.05) is 62.3 Å². The fourth-order valence-corrected chi connectivity index (χ4v) is 3.83. The van der Waals surface area contributed by atoms with Gasteiger partial charge in [-0.15, -0.1) is 0 Å². The van der Waals surface area contributed by atoms with Gasteiger partial charge in [0.2, 0.25) is 0 Å². The third kappa shape index (κ3) is 4.01. The molecule has 0 N–H and O–H groups in total. The summed E-state index contributed by atoms with van der Waals surface area (Å²) in [6, 6.07) is 7.14. The van der Waals surface area contributed by atoms with Gasteiger partial charge < -0.3 is 19.4 Å². The Morgan fingerprint density at radius 3 is 2.25 bits per heavy atom. The van der Waals surface area contributed by atoms with E-state index in [0.29, 0.717) is 55.0 Å². The first-order valence-electron chi connectivity index (χ1n) is 9.26. The minimum atomic E-state index is -0.0937. The van der Waals surface area contributed by atoms with Crippen LogP contribution in [0.15, 0.2) is 30.6 Å². The zero-order valence-corrected chi connectivity index (χ0v) is 16.9. The first-order chi connectivity index (χ1) is 13.6. The first kappa shape index (κ1) is 19.2. The van der Waals surface area contributed by atoms with Crippen molar-refractivity contribution in [2.24, 2.45) is 0 Å². The van der Waals surface area contributed by atoms with E-state index in [4.69, 9.17) is 27.9 Å². The highest BCUT2D eigenvalue weighted by molar-refractivity contribution is 6.43. The van der Waals surface area contributed by atoms with E-state index in [1.165, 1.54) is 0 Å². The van der Waals surface area contributed by atoms with Crippen molar-refractivity contribution >= 4 is 40.7 Å². The number of halogens is 2. The molecule has 2 aliphatic rings. The summed E-state index contributed by atoms with van der Waals surface area (Å²) < 4.78 is 5.40. The molecule has 9 heteroatoms. The summed E-state index contributed by atoms with van der Waals surface area (Å²) in [6.07, 6.45) is 1.60.